The lowest BCUT2D eigenvalue weighted by molar-refractivity contribution is 0.870. The average Bonchev–Trinajstić information content (AvgIpc) is 2.42. The number of nitrogens with one attached hydrogen (secondary N) is 1. The van der Waals surface area contributed by atoms with Crippen LogP contribution in [-0.4, -0.2) is 4.98 Å². The van der Waals surface area contributed by atoms with Crippen molar-refractivity contribution in [2.75, 3.05) is 11.1 Å². The van der Waals surface area contributed by atoms with Crippen molar-refractivity contribution in [3.63, 3.8) is 0 Å². The molecule has 0 aliphatic rings. The highest BCUT2D eigenvalue weighted by Crippen LogP contribution is 2.21. The van der Waals surface area contributed by atoms with E-state index in [1.807, 2.05) is 13.0 Å². The van der Waals surface area contributed by atoms with Crippen LogP contribution in [0.25, 0.3) is 0 Å². The molecule has 3 N–H and O–H groups in total. The third-order valence-electron chi connectivity index (χ3n) is 3.34. The number of aromatic nitrogens is 1. The number of nitrogen functional groups attached to an aromatic ring is 1. The van der Waals surface area contributed by atoms with Crippen molar-refractivity contribution in [3.8, 4) is 0 Å². The van der Waals surface area contributed by atoms with Gasteiger partial charge in [0.2, 0.25) is 0 Å². The Morgan fingerprint density at radius 3 is 2.53 bits per heavy atom. The first-order chi connectivity index (χ1) is 9.10. The molecule has 2 aromatic rings. The second-order valence-electron chi connectivity index (χ2n) is 4.90. The van der Waals surface area contributed by atoms with E-state index in [0.29, 0.717) is 5.69 Å². The fraction of sp³-hybridized carbons (Fsp3) is 0.312. The van der Waals surface area contributed by atoms with E-state index in [0.717, 1.165) is 17.8 Å². The summed E-state index contributed by atoms with van der Waals surface area (Å²) in [4.78, 5) is 4.34. The van der Waals surface area contributed by atoms with Crippen molar-refractivity contribution in [2.45, 2.75) is 33.2 Å². The molecule has 0 fully saturated rings. The number of benzene rings is 1. The molecule has 0 spiro atoms. The Bertz CT molecular complexity index is 546. The number of aryl methyl sites for hydroxylation is 2. The smallest absolute Gasteiger partial charge is 0.129 e. The summed E-state index contributed by atoms with van der Waals surface area (Å²) in [5, 5.41) is 3.42. The van der Waals surface area contributed by atoms with Crippen molar-refractivity contribution in [1.29, 1.82) is 0 Å². The molecule has 1 heterocycles. The number of nitrogens with zero attached hydrogens (tertiary/aromatic N) is 1. The van der Waals surface area contributed by atoms with Gasteiger partial charge in [-0.15, -0.1) is 0 Å². The standard InChI is InChI=1S/C16H21N3/c1-4-13-5-7-14(8-6-13)12(3)19-16-11(2)9-15(17)10-18-16/h5-10,12H,4,17H2,1-3H3,(H,18,19). The minimum absolute atomic E-state index is 0.223. The zero-order chi connectivity index (χ0) is 13.8. The molecule has 0 aliphatic carbocycles. The van der Waals surface area contributed by atoms with E-state index in [2.05, 4.69) is 48.4 Å². The molecule has 0 amide bonds. The molecular weight excluding hydrogens is 234 g/mol. The first-order valence-corrected chi connectivity index (χ1v) is 6.67. The van der Waals surface area contributed by atoms with E-state index in [-0.39, 0.29) is 6.04 Å². The van der Waals surface area contributed by atoms with Crippen LogP contribution < -0.4 is 11.1 Å². The van der Waals surface area contributed by atoms with Crippen LogP contribution in [0, 0.1) is 6.92 Å². The van der Waals surface area contributed by atoms with Crippen LogP contribution in [0.4, 0.5) is 11.5 Å². The molecule has 19 heavy (non-hydrogen) atoms. The summed E-state index contributed by atoms with van der Waals surface area (Å²) >= 11 is 0. The third-order valence-corrected chi connectivity index (χ3v) is 3.34. The molecule has 0 saturated carbocycles. The summed E-state index contributed by atoms with van der Waals surface area (Å²) in [6.45, 7) is 6.31. The van der Waals surface area contributed by atoms with Crippen LogP contribution >= 0.6 is 0 Å². The fourth-order valence-corrected chi connectivity index (χ4v) is 2.08. The SMILES string of the molecule is CCc1ccc(C(C)Nc2ncc(N)cc2C)cc1. The van der Waals surface area contributed by atoms with E-state index in [9.17, 15) is 0 Å². The lowest BCUT2D eigenvalue weighted by Gasteiger charge is -2.17. The highest BCUT2D eigenvalue weighted by atomic mass is 15.0. The van der Waals surface area contributed by atoms with Crippen LogP contribution in [0.2, 0.25) is 0 Å². The van der Waals surface area contributed by atoms with Gasteiger partial charge in [-0.2, -0.15) is 0 Å². The van der Waals surface area contributed by atoms with Crippen molar-refractivity contribution < 1.29 is 0 Å². The fourth-order valence-electron chi connectivity index (χ4n) is 2.08. The molecule has 1 aromatic heterocycles. The van der Waals surface area contributed by atoms with Crippen LogP contribution in [0.3, 0.4) is 0 Å². The molecule has 3 nitrogen and oxygen atoms in total. The molecule has 1 aromatic carbocycles. The van der Waals surface area contributed by atoms with Crippen molar-refractivity contribution in [3.05, 3.63) is 53.2 Å². The van der Waals surface area contributed by atoms with Gasteiger partial charge in [-0.05, 0) is 43.0 Å². The van der Waals surface area contributed by atoms with E-state index < -0.39 is 0 Å². The Hall–Kier alpha value is -2.03. The predicted octanol–water partition coefficient (Wildman–Crippen LogP) is 3.71. The van der Waals surface area contributed by atoms with Gasteiger partial charge in [0, 0.05) is 6.04 Å². The third kappa shape index (κ3) is 3.25. The number of pyridine rings is 1. The van der Waals surface area contributed by atoms with E-state index in [4.69, 9.17) is 5.73 Å². The van der Waals surface area contributed by atoms with Crippen LogP contribution in [0.1, 0.15) is 36.6 Å². The molecule has 0 bridgehead atoms. The van der Waals surface area contributed by atoms with Crippen LogP contribution in [0.15, 0.2) is 36.5 Å². The molecule has 1 unspecified atom stereocenters. The zero-order valence-electron chi connectivity index (χ0n) is 11.8. The summed E-state index contributed by atoms with van der Waals surface area (Å²) in [5.74, 6) is 0.890. The van der Waals surface area contributed by atoms with Crippen molar-refractivity contribution >= 4 is 11.5 Å². The van der Waals surface area contributed by atoms with Gasteiger partial charge in [-0.25, -0.2) is 4.98 Å². The van der Waals surface area contributed by atoms with Crippen molar-refractivity contribution in [1.82, 2.24) is 4.98 Å². The van der Waals surface area contributed by atoms with Gasteiger partial charge in [0.15, 0.2) is 0 Å². The van der Waals surface area contributed by atoms with Gasteiger partial charge in [0.05, 0.1) is 11.9 Å². The van der Waals surface area contributed by atoms with Gasteiger partial charge in [-0.3, -0.25) is 0 Å². The second-order valence-corrected chi connectivity index (χ2v) is 4.90. The Morgan fingerprint density at radius 2 is 1.95 bits per heavy atom. The number of anilines is 2. The van der Waals surface area contributed by atoms with Crippen LogP contribution in [0.5, 0.6) is 0 Å². The lowest BCUT2D eigenvalue weighted by Crippen LogP contribution is -2.09. The maximum atomic E-state index is 5.71. The Labute approximate surface area is 114 Å². The van der Waals surface area contributed by atoms with Gasteiger partial charge >= 0.3 is 0 Å². The van der Waals surface area contributed by atoms with E-state index in [1.54, 1.807) is 6.20 Å². The molecule has 0 saturated heterocycles. The highest BCUT2D eigenvalue weighted by molar-refractivity contribution is 5.51. The predicted molar refractivity (Wildman–Crippen MR) is 81.2 cm³/mol. The van der Waals surface area contributed by atoms with E-state index in [1.165, 1.54) is 11.1 Å². The minimum atomic E-state index is 0.223. The van der Waals surface area contributed by atoms with Gasteiger partial charge in [0.1, 0.15) is 5.82 Å². The van der Waals surface area contributed by atoms with Gasteiger partial charge in [0.25, 0.3) is 0 Å². The minimum Gasteiger partial charge on any atom is -0.397 e. The molecule has 100 valence electrons. The molecule has 1 atom stereocenters. The largest absolute Gasteiger partial charge is 0.397 e. The molecule has 2 rings (SSSR count). The topological polar surface area (TPSA) is 50.9 Å². The maximum Gasteiger partial charge on any atom is 0.129 e. The molecular formula is C16H21N3. The first kappa shape index (κ1) is 13.4. The number of hydrogen-bond acceptors (Lipinski definition) is 3. The van der Waals surface area contributed by atoms with Gasteiger partial charge < -0.3 is 11.1 Å². The number of nitrogens with two attached hydrogens (primary N) is 1. The van der Waals surface area contributed by atoms with E-state index >= 15 is 0 Å². The van der Waals surface area contributed by atoms with Crippen molar-refractivity contribution in [2.24, 2.45) is 0 Å². The summed E-state index contributed by atoms with van der Waals surface area (Å²) < 4.78 is 0. The number of hydrogen-bond donors (Lipinski definition) is 2. The maximum absolute atomic E-state index is 5.71. The highest BCUT2D eigenvalue weighted by Gasteiger charge is 2.08. The summed E-state index contributed by atoms with van der Waals surface area (Å²) in [6, 6.07) is 10.8. The average molecular weight is 255 g/mol. The lowest BCUT2D eigenvalue weighted by atomic mass is 10.0. The Balaban J connectivity index is 2.13. The molecule has 0 radical (unpaired) electrons. The molecule has 0 aliphatic heterocycles. The Kier molecular flexibility index (Phi) is 4.05. The second kappa shape index (κ2) is 5.74. The van der Waals surface area contributed by atoms with Gasteiger partial charge in [-0.1, -0.05) is 31.2 Å². The Morgan fingerprint density at radius 1 is 1.26 bits per heavy atom. The summed E-state index contributed by atoms with van der Waals surface area (Å²) in [5.41, 5.74) is 10.1. The summed E-state index contributed by atoms with van der Waals surface area (Å²) in [7, 11) is 0. The normalized spacial score (nSPS) is 12.2. The first-order valence-electron chi connectivity index (χ1n) is 6.67. The molecule has 3 heteroatoms. The monoisotopic (exact) mass is 255 g/mol. The quantitative estimate of drug-likeness (QED) is 0.875. The van der Waals surface area contributed by atoms with Crippen LogP contribution in [-0.2, 0) is 6.42 Å². The zero-order valence-corrected chi connectivity index (χ0v) is 11.8. The number of rotatable bonds is 4. The summed E-state index contributed by atoms with van der Waals surface area (Å²) in [6.07, 6.45) is 2.75.